The number of aliphatic hydroxyl groups excluding tert-OH is 1. The summed E-state index contributed by atoms with van der Waals surface area (Å²) < 4.78 is 1.83. The maximum atomic E-state index is 9.50. The lowest BCUT2D eigenvalue weighted by Gasteiger charge is -2.07. The molecule has 0 spiro atoms. The highest BCUT2D eigenvalue weighted by molar-refractivity contribution is 5.68. The van der Waals surface area contributed by atoms with Crippen molar-refractivity contribution in [3.05, 3.63) is 82.7 Å². The van der Waals surface area contributed by atoms with Crippen LogP contribution in [-0.2, 0) is 13.2 Å². The van der Waals surface area contributed by atoms with Gasteiger partial charge in [-0.15, -0.1) is 5.10 Å². The number of aromatic nitrogens is 3. The minimum absolute atomic E-state index is 0.123. The van der Waals surface area contributed by atoms with Crippen molar-refractivity contribution in [2.24, 2.45) is 0 Å². The van der Waals surface area contributed by atoms with Crippen LogP contribution in [0.5, 0.6) is 0 Å². The highest BCUT2D eigenvalue weighted by atomic mass is 16.3. The van der Waals surface area contributed by atoms with E-state index in [1.807, 2.05) is 59.3 Å². The highest BCUT2D eigenvalue weighted by Crippen LogP contribution is 2.15. The molecule has 0 atom stereocenters. The van der Waals surface area contributed by atoms with E-state index in [0.29, 0.717) is 12.2 Å². The second-order valence-corrected chi connectivity index (χ2v) is 5.41. The normalized spacial score (nSPS) is 11.2. The van der Waals surface area contributed by atoms with Crippen LogP contribution in [0.15, 0.2) is 54.6 Å². The Morgan fingerprint density at radius 1 is 1.00 bits per heavy atom. The van der Waals surface area contributed by atoms with Crippen LogP contribution >= 0.6 is 0 Å². The zero-order valence-electron chi connectivity index (χ0n) is 13.1. The molecule has 0 bridgehead atoms. The van der Waals surface area contributed by atoms with E-state index < -0.39 is 0 Å². The van der Waals surface area contributed by atoms with Crippen molar-refractivity contribution in [1.29, 1.82) is 0 Å². The fourth-order valence-corrected chi connectivity index (χ4v) is 2.46. The Bertz CT molecular complexity index is 806. The number of aliphatic hydroxyl groups is 1. The van der Waals surface area contributed by atoms with Gasteiger partial charge in [-0.3, -0.25) is 0 Å². The van der Waals surface area contributed by atoms with Gasteiger partial charge >= 0.3 is 0 Å². The van der Waals surface area contributed by atoms with Crippen molar-refractivity contribution < 1.29 is 5.11 Å². The Labute approximate surface area is 135 Å². The highest BCUT2D eigenvalue weighted by Gasteiger charge is 2.10. The van der Waals surface area contributed by atoms with Crippen LogP contribution in [0.3, 0.4) is 0 Å². The summed E-state index contributed by atoms with van der Waals surface area (Å²) in [6.07, 6.45) is 3.96. The van der Waals surface area contributed by atoms with E-state index in [-0.39, 0.29) is 6.61 Å². The lowest BCUT2D eigenvalue weighted by molar-refractivity contribution is 0.276. The topological polar surface area (TPSA) is 50.9 Å². The van der Waals surface area contributed by atoms with E-state index in [1.165, 1.54) is 11.1 Å². The molecule has 0 aliphatic rings. The number of rotatable bonds is 5. The summed E-state index contributed by atoms with van der Waals surface area (Å²) in [5.74, 6) is 0. The van der Waals surface area contributed by atoms with Crippen molar-refractivity contribution in [2.75, 3.05) is 0 Å². The third-order valence-corrected chi connectivity index (χ3v) is 3.81. The SMILES string of the molecule is Cc1ccccc1Cn1nnc(CO)c1/C=C/c1ccccc1. The van der Waals surface area contributed by atoms with Gasteiger partial charge in [0.15, 0.2) is 0 Å². The second-order valence-electron chi connectivity index (χ2n) is 5.41. The molecule has 23 heavy (non-hydrogen) atoms. The van der Waals surface area contributed by atoms with Gasteiger partial charge in [0.1, 0.15) is 5.69 Å². The quantitative estimate of drug-likeness (QED) is 0.787. The Balaban J connectivity index is 1.91. The maximum absolute atomic E-state index is 9.50. The van der Waals surface area contributed by atoms with E-state index in [4.69, 9.17) is 0 Å². The van der Waals surface area contributed by atoms with Crippen LogP contribution in [0.25, 0.3) is 12.2 Å². The number of benzene rings is 2. The largest absolute Gasteiger partial charge is 0.390 e. The first-order valence-electron chi connectivity index (χ1n) is 7.59. The molecule has 0 unspecified atom stereocenters. The van der Waals surface area contributed by atoms with Gasteiger partial charge in [0.2, 0.25) is 0 Å². The van der Waals surface area contributed by atoms with Crippen molar-refractivity contribution in [1.82, 2.24) is 15.0 Å². The Morgan fingerprint density at radius 2 is 1.74 bits per heavy atom. The van der Waals surface area contributed by atoms with Crippen molar-refractivity contribution in [3.8, 4) is 0 Å². The average molecular weight is 305 g/mol. The molecule has 1 heterocycles. The van der Waals surface area contributed by atoms with E-state index in [1.54, 1.807) is 0 Å². The van der Waals surface area contributed by atoms with Gasteiger partial charge in [-0.1, -0.05) is 65.9 Å². The predicted molar refractivity (Wildman–Crippen MR) is 91.6 cm³/mol. The summed E-state index contributed by atoms with van der Waals surface area (Å²) in [4.78, 5) is 0. The first kappa shape index (κ1) is 15.2. The molecule has 4 nitrogen and oxygen atoms in total. The molecule has 116 valence electrons. The zero-order valence-corrected chi connectivity index (χ0v) is 13.1. The van der Waals surface area contributed by atoms with Crippen LogP contribution in [0.1, 0.15) is 28.1 Å². The van der Waals surface area contributed by atoms with Gasteiger partial charge in [0.05, 0.1) is 18.8 Å². The summed E-state index contributed by atoms with van der Waals surface area (Å²) in [6, 6.07) is 18.3. The first-order chi connectivity index (χ1) is 11.3. The average Bonchev–Trinajstić information content (AvgIpc) is 2.98. The minimum Gasteiger partial charge on any atom is -0.390 e. The molecule has 0 saturated heterocycles. The van der Waals surface area contributed by atoms with Crippen LogP contribution in [0.4, 0.5) is 0 Å². The number of aryl methyl sites for hydroxylation is 1. The summed E-state index contributed by atoms with van der Waals surface area (Å²) in [5, 5.41) is 17.8. The molecule has 0 aliphatic heterocycles. The Hall–Kier alpha value is -2.72. The molecule has 3 rings (SSSR count). The third kappa shape index (κ3) is 3.55. The lowest BCUT2D eigenvalue weighted by atomic mass is 10.1. The summed E-state index contributed by atoms with van der Waals surface area (Å²) in [6.45, 7) is 2.59. The van der Waals surface area contributed by atoms with Crippen molar-refractivity contribution in [2.45, 2.75) is 20.1 Å². The third-order valence-electron chi connectivity index (χ3n) is 3.81. The van der Waals surface area contributed by atoms with Crippen molar-refractivity contribution in [3.63, 3.8) is 0 Å². The molecule has 0 saturated carbocycles. The summed E-state index contributed by atoms with van der Waals surface area (Å²) in [7, 11) is 0. The smallest absolute Gasteiger partial charge is 0.115 e. The summed E-state index contributed by atoms with van der Waals surface area (Å²) >= 11 is 0. The van der Waals surface area contributed by atoms with Gasteiger partial charge in [-0.05, 0) is 29.7 Å². The maximum Gasteiger partial charge on any atom is 0.115 e. The number of hydrogen-bond donors (Lipinski definition) is 1. The molecule has 0 amide bonds. The molecule has 0 radical (unpaired) electrons. The molecule has 2 aromatic carbocycles. The van der Waals surface area contributed by atoms with E-state index in [0.717, 1.165) is 11.3 Å². The van der Waals surface area contributed by atoms with E-state index in [9.17, 15) is 5.11 Å². The molecular formula is C19H19N3O. The van der Waals surface area contributed by atoms with Gasteiger partial charge < -0.3 is 5.11 Å². The predicted octanol–water partition coefficient (Wildman–Crippen LogP) is 3.30. The molecular weight excluding hydrogens is 286 g/mol. The molecule has 1 N–H and O–H groups in total. The molecule has 1 aromatic heterocycles. The van der Waals surface area contributed by atoms with Crippen LogP contribution < -0.4 is 0 Å². The minimum atomic E-state index is -0.123. The van der Waals surface area contributed by atoms with Gasteiger partial charge in [-0.25, -0.2) is 4.68 Å². The summed E-state index contributed by atoms with van der Waals surface area (Å²) in [5.41, 5.74) is 4.92. The van der Waals surface area contributed by atoms with Crippen molar-refractivity contribution >= 4 is 12.2 Å². The molecule has 3 aromatic rings. The molecule has 4 heteroatoms. The first-order valence-corrected chi connectivity index (χ1v) is 7.59. The Morgan fingerprint density at radius 3 is 2.48 bits per heavy atom. The van der Waals surface area contributed by atoms with Gasteiger partial charge in [-0.2, -0.15) is 0 Å². The van der Waals surface area contributed by atoms with E-state index >= 15 is 0 Å². The lowest BCUT2D eigenvalue weighted by Crippen LogP contribution is -2.06. The van der Waals surface area contributed by atoms with E-state index in [2.05, 4.69) is 29.4 Å². The number of nitrogens with zero attached hydrogens (tertiary/aromatic N) is 3. The monoisotopic (exact) mass is 305 g/mol. The zero-order chi connectivity index (χ0) is 16.1. The van der Waals surface area contributed by atoms with Crippen LogP contribution in [0.2, 0.25) is 0 Å². The standard InChI is InChI=1S/C19H19N3O/c1-15-7-5-6-10-17(15)13-22-19(18(14-23)20-21-22)12-11-16-8-3-2-4-9-16/h2-12,23H,13-14H2,1H3/b12-11+. The van der Waals surface area contributed by atoms with Gasteiger partial charge in [0, 0.05) is 0 Å². The Kier molecular flexibility index (Phi) is 4.64. The van der Waals surface area contributed by atoms with Crippen LogP contribution in [0, 0.1) is 6.92 Å². The molecule has 0 fully saturated rings. The molecule has 0 aliphatic carbocycles. The van der Waals surface area contributed by atoms with Gasteiger partial charge in [0.25, 0.3) is 0 Å². The fraction of sp³-hybridized carbons (Fsp3) is 0.158. The fourth-order valence-electron chi connectivity index (χ4n) is 2.46. The second kappa shape index (κ2) is 7.03. The number of hydrogen-bond acceptors (Lipinski definition) is 3. The van der Waals surface area contributed by atoms with Crippen LogP contribution in [-0.4, -0.2) is 20.1 Å².